The largest absolute Gasteiger partial charge is 0.395 e. The smallest absolute Gasteiger partial charge is 0.0599 e. The molecule has 2 fully saturated rings. The van der Waals surface area contributed by atoms with Gasteiger partial charge in [-0.25, -0.2) is 0 Å². The van der Waals surface area contributed by atoms with Gasteiger partial charge in [-0.1, -0.05) is 12.8 Å². The van der Waals surface area contributed by atoms with Gasteiger partial charge in [0.1, 0.15) is 0 Å². The second-order valence-corrected chi connectivity index (χ2v) is 4.76. The van der Waals surface area contributed by atoms with Gasteiger partial charge in [-0.2, -0.15) is 0 Å². The summed E-state index contributed by atoms with van der Waals surface area (Å²) in [4.78, 5) is 2.41. The summed E-state index contributed by atoms with van der Waals surface area (Å²) in [6, 6.07) is 1.07. The highest BCUT2D eigenvalue weighted by Crippen LogP contribution is 2.26. The Labute approximate surface area is 91.3 Å². The molecule has 0 aromatic carbocycles. The van der Waals surface area contributed by atoms with Gasteiger partial charge in [0.15, 0.2) is 0 Å². The Bertz CT molecular complexity index is 193. The summed E-state index contributed by atoms with van der Waals surface area (Å²) < 4.78 is 0. The lowest BCUT2D eigenvalue weighted by Crippen LogP contribution is -2.61. The van der Waals surface area contributed by atoms with Gasteiger partial charge in [-0.15, -0.1) is 0 Å². The van der Waals surface area contributed by atoms with Crippen LogP contribution >= 0.6 is 0 Å². The quantitative estimate of drug-likeness (QED) is 0.596. The molecule has 0 amide bonds. The first-order chi connectivity index (χ1) is 7.35. The van der Waals surface area contributed by atoms with E-state index in [1.165, 1.54) is 25.7 Å². The molecule has 2 unspecified atom stereocenters. The summed E-state index contributed by atoms with van der Waals surface area (Å²) >= 11 is 0. The van der Waals surface area contributed by atoms with Gasteiger partial charge in [0, 0.05) is 31.2 Å². The van der Waals surface area contributed by atoms with Crippen LogP contribution in [0, 0.1) is 0 Å². The molecule has 2 aliphatic rings. The lowest BCUT2D eigenvalue weighted by atomic mass is 10.1. The van der Waals surface area contributed by atoms with Crippen molar-refractivity contribution in [2.75, 3.05) is 26.3 Å². The number of piperazine rings is 1. The van der Waals surface area contributed by atoms with Crippen LogP contribution in [0.2, 0.25) is 0 Å². The molecule has 1 aliphatic carbocycles. The Morgan fingerprint density at radius 1 is 1.13 bits per heavy atom. The third kappa shape index (κ3) is 2.50. The highest BCUT2D eigenvalue weighted by Gasteiger charge is 2.33. The van der Waals surface area contributed by atoms with Crippen LogP contribution in [0.5, 0.6) is 0 Å². The van der Waals surface area contributed by atoms with Crippen molar-refractivity contribution in [1.82, 2.24) is 10.2 Å². The molecular formula is C11H22N2O2. The minimum atomic E-state index is 0.188. The maximum absolute atomic E-state index is 9.34. The van der Waals surface area contributed by atoms with E-state index < -0.39 is 0 Å². The fraction of sp³-hybridized carbons (Fsp3) is 1.00. The second-order valence-electron chi connectivity index (χ2n) is 4.76. The van der Waals surface area contributed by atoms with E-state index in [4.69, 9.17) is 5.11 Å². The molecule has 4 nitrogen and oxygen atoms in total. The minimum Gasteiger partial charge on any atom is -0.395 e. The zero-order chi connectivity index (χ0) is 10.7. The topological polar surface area (TPSA) is 55.7 Å². The van der Waals surface area contributed by atoms with Crippen LogP contribution in [0.25, 0.3) is 0 Å². The van der Waals surface area contributed by atoms with Gasteiger partial charge in [0.05, 0.1) is 13.2 Å². The van der Waals surface area contributed by atoms with E-state index in [-0.39, 0.29) is 25.3 Å². The lowest BCUT2D eigenvalue weighted by molar-refractivity contribution is 0.0344. The highest BCUT2D eigenvalue weighted by atomic mass is 16.3. The van der Waals surface area contributed by atoms with Crippen molar-refractivity contribution >= 4 is 0 Å². The van der Waals surface area contributed by atoms with Crippen molar-refractivity contribution in [2.24, 2.45) is 0 Å². The van der Waals surface area contributed by atoms with Crippen LogP contribution in [0.1, 0.15) is 25.7 Å². The molecule has 0 spiro atoms. The van der Waals surface area contributed by atoms with Gasteiger partial charge >= 0.3 is 0 Å². The molecule has 4 heteroatoms. The third-order valence-corrected chi connectivity index (χ3v) is 3.77. The molecule has 88 valence electrons. The van der Waals surface area contributed by atoms with Crippen molar-refractivity contribution in [3.63, 3.8) is 0 Å². The zero-order valence-corrected chi connectivity index (χ0v) is 9.23. The number of nitrogens with one attached hydrogen (secondary N) is 1. The summed E-state index contributed by atoms with van der Waals surface area (Å²) in [5.74, 6) is 0. The van der Waals surface area contributed by atoms with E-state index >= 15 is 0 Å². The van der Waals surface area contributed by atoms with Gasteiger partial charge in [0.2, 0.25) is 0 Å². The number of aliphatic hydroxyl groups excluding tert-OH is 2. The van der Waals surface area contributed by atoms with E-state index in [2.05, 4.69) is 10.2 Å². The Kier molecular flexibility index (Phi) is 3.97. The maximum atomic E-state index is 9.34. The molecule has 1 saturated heterocycles. The van der Waals surface area contributed by atoms with Crippen LogP contribution in [0.4, 0.5) is 0 Å². The first-order valence-corrected chi connectivity index (χ1v) is 6.06. The molecule has 3 N–H and O–H groups in total. The van der Waals surface area contributed by atoms with Crippen LogP contribution in [0.3, 0.4) is 0 Å². The van der Waals surface area contributed by atoms with Gasteiger partial charge < -0.3 is 15.5 Å². The molecule has 0 bridgehead atoms. The van der Waals surface area contributed by atoms with E-state index in [1.54, 1.807) is 0 Å². The van der Waals surface area contributed by atoms with E-state index in [0.717, 1.165) is 13.1 Å². The molecule has 0 aromatic rings. The molecule has 1 heterocycles. The Morgan fingerprint density at radius 2 is 1.87 bits per heavy atom. The number of nitrogens with zero attached hydrogens (tertiary/aromatic N) is 1. The van der Waals surface area contributed by atoms with Gasteiger partial charge in [-0.3, -0.25) is 4.90 Å². The third-order valence-electron chi connectivity index (χ3n) is 3.77. The van der Waals surface area contributed by atoms with Crippen molar-refractivity contribution in [3.05, 3.63) is 0 Å². The number of hydrogen-bond acceptors (Lipinski definition) is 4. The Hall–Kier alpha value is -0.160. The maximum Gasteiger partial charge on any atom is 0.0599 e. The van der Waals surface area contributed by atoms with Gasteiger partial charge in [0.25, 0.3) is 0 Å². The average molecular weight is 214 g/mol. The number of hydrogen-bond donors (Lipinski definition) is 3. The summed E-state index contributed by atoms with van der Waals surface area (Å²) in [5.41, 5.74) is 0. The fourth-order valence-corrected chi connectivity index (χ4v) is 2.86. The lowest BCUT2D eigenvalue weighted by Gasteiger charge is -2.42. The Balaban J connectivity index is 1.96. The Morgan fingerprint density at radius 3 is 2.47 bits per heavy atom. The standard InChI is InChI=1S/C11H22N2O2/c14-7-9-6-13(10-3-1-2-4-10)11(8-15)5-12-9/h9-12,14-15H,1-8H2. The van der Waals surface area contributed by atoms with Crippen molar-refractivity contribution < 1.29 is 10.2 Å². The fourth-order valence-electron chi connectivity index (χ4n) is 2.86. The summed E-state index contributed by atoms with van der Waals surface area (Å²) in [5, 5.41) is 21.8. The zero-order valence-electron chi connectivity index (χ0n) is 9.23. The normalized spacial score (nSPS) is 34.8. The predicted octanol–water partition coefficient (Wildman–Crippen LogP) is -0.444. The van der Waals surface area contributed by atoms with Crippen LogP contribution in [-0.4, -0.2) is 59.5 Å². The van der Waals surface area contributed by atoms with E-state index in [1.807, 2.05) is 0 Å². The number of rotatable bonds is 3. The minimum absolute atomic E-state index is 0.188. The predicted molar refractivity (Wildman–Crippen MR) is 58.7 cm³/mol. The van der Waals surface area contributed by atoms with Crippen molar-refractivity contribution in [3.8, 4) is 0 Å². The first-order valence-electron chi connectivity index (χ1n) is 6.06. The van der Waals surface area contributed by atoms with E-state index in [9.17, 15) is 5.11 Å². The summed E-state index contributed by atoms with van der Waals surface area (Å²) in [7, 11) is 0. The van der Waals surface area contributed by atoms with E-state index in [0.29, 0.717) is 6.04 Å². The van der Waals surface area contributed by atoms with Crippen molar-refractivity contribution in [2.45, 2.75) is 43.8 Å². The monoisotopic (exact) mass is 214 g/mol. The molecule has 1 aliphatic heterocycles. The van der Waals surface area contributed by atoms with Crippen LogP contribution < -0.4 is 5.32 Å². The highest BCUT2D eigenvalue weighted by molar-refractivity contribution is 4.91. The molecule has 2 rings (SSSR count). The van der Waals surface area contributed by atoms with Gasteiger partial charge in [-0.05, 0) is 12.8 Å². The average Bonchev–Trinajstić information content (AvgIpc) is 2.81. The molecule has 1 saturated carbocycles. The first kappa shape index (κ1) is 11.3. The summed E-state index contributed by atoms with van der Waals surface area (Å²) in [6.07, 6.45) is 5.15. The molecule has 15 heavy (non-hydrogen) atoms. The van der Waals surface area contributed by atoms with Crippen LogP contribution in [-0.2, 0) is 0 Å². The summed E-state index contributed by atoms with van der Waals surface area (Å²) in [6.45, 7) is 2.10. The van der Waals surface area contributed by atoms with Crippen LogP contribution in [0.15, 0.2) is 0 Å². The molecule has 0 aromatic heterocycles. The molecule has 2 atom stereocenters. The number of aliphatic hydroxyl groups is 2. The SMILES string of the molecule is OCC1CN(C2CCCC2)C(CO)CN1. The molecule has 0 radical (unpaired) electrons. The second kappa shape index (κ2) is 5.25. The molecular weight excluding hydrogens is 192 g/mol. The van der Waals surface area contributed by atoms with Crippen molar-refractivity contribution in [1.29, 1.82) is 0 Å².